The second-order valence-corrected chi connectivity index (χ2v) is 4.90. The van der Waals surface area contributed by atoms with Crippen molar-refractivity contribution >= 4 is 12.0 Å². The number of urea groups is 1. The number of piperazine rings is 1. The monoisotopic (exact) mass is 256 g/mol. The van der Waals surface area contributed by atoms with Crippen LogP contribution in [0.15, 0.2) is 0 Å². The molecule has 0 aliphatic carbocycles. The van der Waals surface area contributed by atoms with E-state index in [0.29, 0.717) is 13.0 Å². The van der Waals surface area contributed by atoms with E-state index < -0.39 is 12.0 Å². The van der Waals surface area contributed by atoms with Crippen molar-refractivity contribution in [2.75, 3.05) is 39.8 Å². The number of carboxylic acids is 1. The Labute approximate surface area is 106 Å². The van der Waals surface area contributed by atoms with E-state index in [9.17, 15) is 9.59 Å². The van der Waals surface area contributed by atoms with Crippen molar-refractivity contribution in [3.05, 3.63) is 0 Å². The molecule has 0 spiro atoms. The molecule has 0 aromatic carbocycles. The van der Waals surface area contributed by atoms with E-state index in [2.05, 4.69) is 10.3 Å². The third kappa shape index (κ3) is 2.91. The number of amides is 2. The number of nitrogens with zero attached hydrogens (tertiary/aromatic N) is 3. The largest absolute Gasteiger partial charge is 0.480 e. The maximum atomic E-state index is 12.0. The van der Waals surface area contributed by atoms with Crippen LogP contribution >= 0.6 is 0 Å². The van der Waals surface area contributed by atoms with Crippen molar-refractivity contribution in [3.63, 3.8) is 0 Å². The lowest BCUT2D eigenvalue weighted by Crippen LogP contribution is -2.56. The molecule has 2 saturated heterocycles. The Kier molecular flexibility index (Phi) is 4.03. The van der Waals surface area contributed by atoms with Gasteiger partial charge in [-0.15, -0.1) is 0 Å². The first-order valence-electron chi connectivity index (χ1n) is 6.31. The highest BCUT2D eigenvalue weighted by Crippen LogP contribution is 2.17. The van der Waals surface area contributed by atoms with Gasteiger partial charge >= 0.3 is 12.0 Å². The molecule has 0 bridgehead atoms. The van der Waals surface area contributed by atoms with Crippen LogP contribution in [0.25, 0.3) is 0 Å². The van der Waals surface area contributed by atoms with Crippen LogP contribution in [-0.2, 0) is 4.79 Å². The van der Waals surface area contributed by atoms with E-state index in [1.165, 1.54) is 4.90 Å². The second kappa shape index (κ2) is 5.53. The Bertz CT molecular complexity index is 328. The van der Waals surface area contributed by atoms with E-state index in [4.69, 9.17) is 5.11 Å². The van der Waals surface area contributed by atoms with Crippen LogP contribution in [-0.4, -0.2) is 77.7 Å². The number of carbonyl (C=O) groups is 2. The van der Waals surface area contributed by atoms with Gasteiger partial charge in [-0.2, -0.15) is 0 Å². The molecule has 7 heteroatoms. The van der Waals surface area contributed by atoms with Crippen LogP contribution in [0.3, 0.4) is 0 Å². The molecule has 2 heterocycles. The van der Waals surface area contributed by atoms with Crippen molar-refractivity contribution < 1.29 is 14.7 Å². The van der Waals surface area contributed by atoms with Gasteiger partial charge in [0.2, 0.25) is 0 Å². The Balaban J connectivity index is 1.86. The van der Waals surface area contributed by atoms with E-state index in [0.717, 1.165) is 32.6 Å². The Morgan fingerprint density at radius 2 is 1.83 bits per heavy atom. The van der Waals surface area contributed by atoms with Crippen LogP contribution in [0.5, 0.6) is 0 Å². The predicted octanol–water partition coefficient (Wildman–Crippen LogP) is -0.593. The van der Waals surface area contributed by atoms with Crippen LogP contribution in [0.2, 0.25) is 0 Å². The summed E-state index contributed by atoms with van der Waals surface area (Å²) in [5.41, 5.74) is 2.80. The molecule has 0 aromatic rings. The van der Waals surface area contributed by atoms with E-state index in [1.54, 1.807) is 0 Å². The number of rotatable bonds is 2. The highest BCUT2D eigenvalue weighted by molar-refractivity contribution is 5.83. The van der Waals surface area contributed by atoms with Crippen LogP contribution in [0.1, 0.15) is 12.8 Å². The zero-order valence-electron chi connectivity index (χ0n) is 10.6. The van der Waals surface area contributed by atoms with Crippen molar-refractivity contribution in [1.82, 2.24) is 20.2 Å². The molecule has 1 atom stereocenters. The molecule has 2 aliphatic rings. The summed E-state index contributed by atoms with van der Waals surface area (Å²) in [6.45, 7) is 3.88. The van der Waals surface area contributed by atoms with Gasteiger partial charge in [-0.25, -0.2) is 14.6 Å². The smallest absolute Gasteiger partial charge is 0.332 e. The Hall–Kier alpha value is -1.34. The first kappa shape index (κ1) is 13.1. The number of nitrogens with one attached hydrogen (secondary N) is 1. The van der Waals surface area contributed by atoms with Gasteiger partial charge in [0.1, 0.15) is 6.04 Å². The fourth-order valence-corrected chi connectivity index (χ4v) is 2.38. The molecule has 102 valence electrons. The van der Waals surface area contributed by atoms with Crippen LogP contribution in [0, 0.1) is 0 Å². The highest BCUT2D eigenvalue weighted by atomic mass is 16.4. The number of aliphatic carboxylic acids is 1. The number of hydrazine groups is 1. The maximum absolute atomic E-state index is 12.0. The van der Waals surface area contributed by atoms with Crippen molar-refractivity contribution in [2.45, 2.75) is 18.9 Å². The molecule has 2 N–H and O–H groups in total. The molecule has 7 nitrogen and oxygen atoms in total. The van der Waals surface area contributed by atoms with Gasteiger partial charge < -0.3 is 14.9 Å². The SMILES string of the molecule is CN1CCN(NC(=O)N2CCC[C@@H]2C(=O)O)CC1. The van der Waals surface area contributed by atoms with Gasteiger partial charge in [-0.3, -0.25) is 5.43 Å². The normalized spacial score (nSPS) is 26.3. The summed E-state index contributed by atoms with van der Waals surface area (Å²) in [5, 5.41) is 10.9. The van der Waals surface area contributed by atoms with Gasteiger partial charge in [0.15, 0.2) is 0 Å². The molecule has 2 aliphatic heterocycles. The fourth-order valence-electron chi connectivity index (χ4n) is 2.38. The molecule has 2 fully saturated rings. The van der Waals surface area contributed by atoms with Gasteiger partial charge in [-0.05, 0) is 19.9 Å². The number of carboxylic acid groups (broad SMARTS) is 1. The molecular weight excluding hydrogens is 236 g/mol. The average Bonchev–Trinajstić information content (AvgIpc) is 2.81. The highest BCUT2D eigenvalue weighted by Gasteiger charge is 2.34. The van der Waals surface area contributed by atoms with Crippen LogP contribution < -0.4 is 5.43 Å². The number of carbonyl (C=O) groups excluding carboxylic acids is 1. The number of likely N-dealkylation sites (N-methyl/N-ethyl adjacent to an activating group) is 1. The van der Waals surface area contributed by atoms with Gasteiger partial charge in [-0.1, -0.05) is 0 Å². The minimum Gasteiger partial charge on any atom is -0.480 e. The number of likely N-dealkylation sites (tertiary alicyclic amines) is 1. The van der Waals surface area contributed by atoms with Gasteiger partial charge in [0.05, 0.1) is 0 Å². The van der Waals surface area contributed by atoms with E-state index >= 15 is 0 Å². The Morgan fingerprint density at radius 1 is 1.17 bits per heavy atom. The van der Waals surface area contributed by atoms with Crippen molar-refractivity contribution in [3.8, 4) is 0 Å². The molecule has 0 radical (unpaired) electrons. The summed E-state index contributed by atoms with van der Waals surface area (Å²) >= 11 is 0. The molecule has 0 aromatic heterocycles. The minimum atomic E-state index is -0.916. The third-order valence-corrected chi connectivity index (χ3v) is 3.56. The van der Waals surface area contributed by atoms with Crippen LogP contribution in [0.4, 0.5) is 4.79 Å². The maximum Gasteiger partial charge on any atom is 0.332 e. The summed E-state index contributed by atoms with van der Waals surface area (Å²) in [5.74, 6) is -0.916. The lowest BCUT2D eigenvalue weighted by Gasteiger charge is -2.34. The summed E-state index contributed by atoms with van der Waals surface area (Å²) in [6.07, 6.45) is 1.30. The molecule has 2 amide bonds. The summed E-state index contributed by atoms with van der Waals surface area (Å²) in [4.78, 5) is 26.6. The quantitative estimate of drug-likeness (QED) is 0.690. The Morgan fingerprint density at radius 3 is 2.44 bits per heavy atom. The topological polar surface area (TPSA) is 76.1 Å². The minimum absolute atomic E-state index is 0.288. The number of hydrogen-bond donors (Lipinski definition) is 2. The third-order valence-electron chi connectivity index (χ3n) is 3.56. The molecular formula is C11H20N4O3. The number of hydrogen-bond acceptors (Lipinski definition) is 4. The summed E-state index contributed by atoms with van der Waals surface area (Å²) < 4.78 is 0. The fraction of sp³-hybridized carbons (Fsp3) is 0.818. The molecule has 0 saturated carbocycles. The van der Waals surface area contributed by atoms with E-state index in [1.807, 2.05) is 12.1 Å². The molecule has 18 heavy (non-hydrogen) atoms. The van der Waals surface area contributed by atoms with Gasteiger partial charge in [0, 0.05) is 32.7 Å². The molecule has 2 rings (SSSR count). The standard InChI is InChI=1S/C11H20N4O3/c1-13-5-7-14(8-6-13)12-11(18)15-4-2-3-9(15)10(16)17/h9H,2-8H2,1H3,(H,12,18)(H,16,17)/t9-/m1/s1. The summed E-state index contributed by atoms with van der Waals surface area (Å²) in [7, 11) is 2.04. The summed E-state index contributed by atoms with van der Waals surface area (Å²) in [6, 6.07) is -0.957. The lowest BCUT2D eigenvalue weighted by molar-refractivity contribution is -0.141. The first-order valence-corrected chi connectivity index (χ1v) is 6.31. The predicted molar refractivity (Wildman–Crippen MR) is 65.0 cm³/mol. The zero-order chi connectivity index (χ0) is 13.1. The van der Waals surface area contributed by atoms with E-state index in [-0.39, 0.29) is 6.03 Å². The first-order chi connectivity index (χ1) is 8.58. The average molecular weight is 256 g/mol. The zero-order valence-corrected chi connectivity index (χ0v) is 10.6. The van der Waals surface area contributed by atoms with Gasteiger partial charge in [0.25, 0.3) is 0 Å². The van der Waals surface area contributed by atoms with Crippen molar-refractivity contribution in [2.24, 2.45) is 0 Å². The lowest BCUT2D eigenvalue weighted by atomic mass is 10.2. The second-order valence-electron chi connectivity index (χ2n) is 4.90. The van der Waals surface area contributed by atoms with Crippen molar-refractivity contribution in [1.29, 1.82) is 0 Å². The molecule has 0 unspecified atom stereocenters.